The number of allylic oxidation sites excluding steroid dienone is 1. The van der Waals surface area contributed by atoms with Crippen molar-refractivity contribution in [3.63, 3.8) is 0 Å². The van der Waals surface area contributed by atoms with Crippen LogP contribution < -0.4 is 0 Å². The lowest BCUT2D eigenvalue weighted by atomic mass is 9.45. The summed E-state index contributed by atoms with van der Waals surface area (Å²) in [5.74, 6) is 0.173. The number of hydrogen-bond donors (Lipinski definition) is 3. The van der Waals surface area contributed by atoms with Gasteiger partial charge in [0.15, 0.2) is 5.78 Å². The zero-order chi connectivity index (χ0) is 22.7. The highest BCUT2D eigenvalue weighted by atomic mass is 16.3. The largest absolute Gasteiger partial charge is 0.393 e. The minimum atomic E-state index is -0.624. The van der Waals surface area contributed by atoms with E-state index in [9.17, 15) is 20.1 Å². The molecule has 3 N–H and O–H groups in total. The van der Waals surface area contributed by atoms with Crippen molar-refractivity contribution in [2.24, 2.45) is 34.5 Å². The Bertz CT molecular complexity index is 936. The van der Waals surface area contributed by atoms with Gasteiger partial charge in [-0.1, -0.05) is 61.9 Å². The van der Waals surface area contributed by atoms with E-state index in [-0.39, 0.29) is 46.4 Å². The van der Waals surface area contributed by atoms with E-state index in [1.807, 2.05) is 42.5 Å². The minimum Gasteiger partial charge on any atom is -0.393 e. The summed E-state index contributed by atoms with van der Waals surface area (Å²) in [6.07, 6.45) is 8.57. The Hall–Kier alpha value is -1.75. The molecule has 0 aliphatic heterocycles. The fourth-order valence-electron chi connectivity index (χ4n) is 8.07. The first-order chi connectivity index (χ1) is 15.2. The molecule has 4 aliphatic carbocycles. The van der Waals surface area contributed by atoms with Gasteiger partial charge in [0, 0.05) is 5.92 Å². The summed E-state index contributed by atoms with van der Waals surface area (Å²) in [4.78, 5) is 13.3. The van der Waals surface area contributed by atoms with Crippen LogP contribution in [0.3, 0.4) is 0 Å². The highest BCUT2D eigenvalue weighted by Gasteiger charge is 2.64. The second-order valence-corrected chi connectivity index (χ2v) is 11.3. The highest BCUT2D eigenvalue weighted by molar-refractivity contribution is 5.96. The SMILES string of the molecule is C[C@]12C[C@@H](O)[C@H]3[C@@H]([C@H](O)C=C4C[C@@H](O)CC[C@@]43C)[C@@H]1CC[C@@H]2C(=O)/C=C/c1ccccc1. The van der Waals surface area contributed by atoms with Crippen LogP contribution in [0.2, 0.25) is 0 Å². The smallest absolute Gasteiger partial charge is 0.159 e. The zero-order valence-electron chi connectivity index (χ0n) is 19.2. The topological polar surface area (TPSA) is 77.8 Å². The number of hydrogen-bond acceptors (Lipinski definition) is 4. The van der Waals surface area contributed by atoms with Gasteiger partial charge in [-0.25, -0.2) is 0 Å². The maximum Gasteiger partial charge on any atom is 0.159 e. The van der Waals surface area contributed by atoms with Crippen LogP contribution in [0, 0.1) is 34.5 Å². The summed E-state index contributed by atoms with van der Waals surface area (Å²) in [7, 11) is 0. The molecule has 4 heteroatoms. The number of ketones is 1. The van der Waals surface area contributed by atoms with Crippen molar-refractivity contribution in [1.82, 2.24) is 0 Å². The van der Waals surface area contributed by atoms with E-state index in [0.717, 1.165) is 36.8 Å². The maximum atomic E-state index is 13.3. The number of aliphatic hydroxyl groups excluding tert-OH is 3. The van der Waals surface area contributed by atoms with Gasteiger partial charge in [0.2, 0.25) is 0 Å². The molecule has 0 heterocycles. The third-order valence-corrected chi connectivity index (χ3v) is 9.62. The summed E-state index contributed by atoms with van der Waals surface area (Å²) in [5.41, 5.74) is 1.63. The molecule has 9 atom stereocenters. The first kappa shape index (κ1) is 22.1. The molecule has 0 unspecified atom stereocenters. The van der Waals surface area contributed by atoms with E-state index in [0.29, 0.717) is 12.8 Å². The van der Waals surface area contributed by atoms with Crippen LogP contribution in [0.25, 0.3) is 6.08 Å². The van der Waals surface area contributed by atoms with Gasteiger partial charge in [-0.15, -0.1) is 0 Å². The number of fused-ring (bicyclic) bond motifs is 5. The molecule has 4 aliphatic rings. The summed E-state index contributed by atoms with van der Waals surface area (Å²) >= 11 is 0. The molecule has 32 heavy (non-hydrogen) atoms. The number of aliphatic hydroxyl groups is 3. The fourth-order valence-corrected chi connectivity index (χ4v) is 8.07. The van der Waals surface area contributed by atoms with Gasteiger partial charge in [0.05, 0.1) is 18.3 Å². The molecule has 3 fully saturated rings. The molecule has 0 aromatic heterocycles. The molecule has 0 amide bonds. The molecule has 3 saturated carbocycles. The average Bonchev–Trinajstić information content (AvgIpc) is 3.10. The number of carbonyl (C=O) groups excluding carboxylic acids is 1. The number of benzene rings is 1. The molecule has 1 aromatic rings. The van der Waals surface area contributed by atoms with Gasteiger partial charge in [0.25, 0.3) is 0 Å². The number of rotatable bonds is 3. The van der Waals surface area contributed by atoms with Crippen molar-refractivity contribution < 1.29 is 20.1 Å². The Morgan fingerprint density at radius 1 is 1.06 bits per heavy atom. The van der Waals surface area contributed by atoms with Crippen molar-refractivity contribution >= 4 is 11.9 Å². The third kappa shape index (κ3) is 3.34. The summed E-state index contributed by atoms with van der Waals surface area (Å²) in [6, 6.07) is 9.87. The molecule has 5 rings (SSSR count). The molecule has 0 spiro atoms. The van der Waals surface area contributed by atoms with Crippen LogP contribution in [-0.2, 0) is 4.79 Å². The molecular weight excluding hydrogens is 400 g/mol. The Kier molecular flexibility index (Phi) is 5.47. The summed E-state index contributed by atoms with van der Waals surface area (Å²) < 4.78 is 0. The average molecular weight is 437 g/mol. The van der Waals surface area contributed by atoms with Gasteiger partial charge in [-0.05, 0) is 78.7 Å². The van der Waals surface area contributed by atoms with Gasteiger partial charge in [-0.3, -0.25) is 4.79 Å². The van der Waals surface area contributed by atoms with Gasteiger partial charge in [0.1, 0.15) is 0 Å². The van der Waals surface area contributed by atoms with E-state index in [1.165, 1.54) is 0 Å². The van der Waals surface area contributed by atoms with Crippen LogP contribution >= 0.6 is 0 Å². The lowest BCUT2D eigenvalue weighted by Gasteiger charge is -2.60. The summed E-state index contributed by atoms with van der Waals surface area (Å²) in [5, 5.41) is 32.9. The van der Waals surface area contributed by atoms with Gasteiger partial charge < -0.3 is 15.3 Å². The van der Waals surface area contributed by atoms with Crippen molar-refractivity contribution in [3.8, 4) is 0 Å². The highest BCUT2D eigenvalue weighted by Crippen LogP contribution is 2.66. The molecule has 0 bridgehead atoms. The van der Waals surface area contributed by atoms with Crippen molar-refractivity contribution in [1.29, 1.82) is 0 Å². The maximum absolute atomic E-state index is 13.3. The molecule has 1 aromatic carbocycles. The first-order valence-corrected chi connectivity index (χ1v) is 12.3. The van der Waals surface area contributed by atoms with E-state index in [4.69, 9.17) is 0 Å². The van der Waals surface area contributed by atoms with Crippen LogP contribution in [-0.4, -0.2) is 39.4 Å². The Morgan fingerprint density at radius 3 is 2.56 bits per heavy atom. The van der Waals surface area contributed by atoms with Crippen molar-refractivity contribution in [2.75, 3.05) is 0 Å². The van der Waals surface area contributed by atoms with Crippen LogP contribution in [0.4, 0.5) is 0 Å². The Morgan fingerprint density at radius 2 is 1.81 bits per heavy atom. The van der Waals surface area contributed by atoms with Crippen LogP contribution in [0.15, 0.2) is 48.1 Å². The minimum absolute atomic E-state index is 0.0169. The van der Waals surface area contributed by atoms with E-state index < -0.39 is 12.2 Å². The molecule has 172 valence electrons. The zero-order valence-corrected chi connectivity index (χ0v) is 19.2. The molecular formula is C28H36O4. The Labute approximate surface area is 191 Å². The lowest BCUT2D eigenvalue weighted by Crippen LogP contribution is -2.60. The Balaban J connectivity index is 1.44. The molecule has 4 nitrogen and oxygen atoms in total. The predicted octanol–water partition coefficient (Wildman–Crippen LogP) is 4.15. The van der Waals surface area contributed by atoms with Gasteiger partial charge in [-0.2, -0.15) is 0 Å². The third-order valence-electron chi connectivity index (χ3n) is 9.62. The van der Waals surface area contributed by atoms with Gasteiger partial charge >= 0.3 is 0 Å². The van der Waals surface area contributed by atoms with E-state index in [1.54, 1.807) is 6.08 Å². The quantitative estimate of drug-likeness (QED) is 0.491. The predicted molar refractivity (Wildman–Crippen MR) is 124 cm³/mol. The van der Waals surface area contributed by atoms with Crippen molar-refractivity contribution in [3.05, 3.63) is 53.6 Å². The monoisotopic (exact) mass is 436 g/mol. The van der Waals surface area contributed by atoms with Crippen LogP contribution in [0.5, 0.6) is 0 Å². The molecule has 0 saturated heterocycles. The number of carbonyl (C=O) groups is 1. The normalized spacial score (nSPS) is 45.7. The van der Waals surface area contributed by atoms with E-state index >= 15 is 0 Å². The molecule has 0 radical (unpaired) electrons. The van der Waals surface area contributed by atoms with E-state index in [2.05, 4.69) is 13.8 Å². The van der Waals surface area contributed by atoms with Crippen molar-refractivity contribution in [2.45, 2.75) is 70.7 Å². The first-order valence-electron chi connectivity index (χ1n) is 12.3. The second-order valence-electron chi connectivity index (χ2n) is 11.3. The lowest BCUT2D eigenvalue weighted by molar-refractivity contribution is -0.156. The standard InChI is InChI=1S/C28H36O4/c1-27-13-12-19(29)14-18(27)15-23(31)25-21-10-9-20(28(21,2)16-24(32)26(25)27)22(30)11-8-17-6-4-3-5-7-17/h3-8,11,15,19-21,23-26,29,31-32H,9-10,12-14,16H2,1-2H3/b11-8+/t19-,20+,21-,23+,24+,25+,26-,27-,28+/m0/s1. The van der Waals surface area contributed by atoms with Crippen LogP contribution in [0.1, 0.15) is 57.9 Å². The second kappa shape index (κ2) is 7.93. The summed E-state index contributed by atoms with van der Waals surface area (Å²) in [6.45, 7) is 4.39. The fraction of sp³-hybridized carbons (Fsp3) is 0.607.